The Bertz CT molecular complexity index is 547. The van der Waals surface area contributed by atoms with Gasteiger partial charge in [-0.05, 0) is 38.1 Å². The Kier molecular flexibility index (Phi) is 3.01. The van der Waals surface area contributed by atoms with Gasteiger partial charge in [0.05, 0.1) is 0 Å². The van der Waals surface area contributed by atoms with Gasteiger partial charge in [-0.15, -0.1) is 10.2 Å². The van der Waals surface area contributed by atoms with E-state index >= 15 is 0 Å². The second-order valence-corrected chi connectivity index (χ2v) is 5.07. The zero-order valence-corrected chi connectivity index (χ0v) is 10.7. The maximum absolute atomic E-state index is 5.68. The van der Waals surface area contributed by atoms with Crippen LogP contribution in [0.15, 0.2) is 18.3 Å². The smallest absolute Gasteiger partial charge is 0.160 e. The van der Waals surface area contributed by atoms with Crippen molar-refractivity contribution in [3.8, 4) is 0 Å². The normalized spacial score (nSPS) is 20.9. The predicted octanol–water partition coefficient (Wildman–Crippen LogP) is 0.825. The van der Waals surface area contributed by atoms with E-state index in [4.69, 9.17) is 5.73 Å². The highest BCUT2D eigenvalue weighted by atomic mass is 15.3. The Morgan fingerprint density at radius 3 is 3.00 bits per heavy atom. The molecule has 0 aromatic carbocycles. The van der Waals surface area contributed by atoms with Crippen molar-refractivity contribution in [2.45, 2.75) is 31.8 Å². The number of nitrogens with zero attached hydrogens (tertiary/aromatic N) is 4. The lowest BCUT2D eigenvalue weighted by Crippen LogP contribution is -2.27. The number of aromatic nitrogens is 3. The molecule has 3 rings (SSSR count). The molecule has 18 heavy (non-hydrogen) atoms. The summed E-state index contributed by atoms with van der Waals surface area (Å²) in [6.07, 6.45) is 5.55. The average Bonchev–Trinajstić information content (AvgIpc) is 2.97. The molecule has 0 saturated carbocycles. The summed E-state index contributed by atoms with van der Waals surface area (Å²) in [5, 5.41) is 8.53. The van der Waals surface area contributed by atoms with Crippen LogP contribution in [0.3, 0.4) is 0 Å². The molecular formula is C13H19N5. The van der Waals surface area contributed by atoms with E-state index in [-0.39, 0.29) is 0 Å². The van der Waals surface area contributed by atoms with Crippen LogP contribution >= 0.6 is 0 Å². The minimum Gasteiger partial charge on any atom is -0.326 e. The first-order valence-electron chi connectivity index (χ1n) is 6.51. The predicted molar refractivity (Wildman–Crippen MR) is 70.2 cm³/mol. The molecule has 0 spiro atoms. The number of hydrogen-bond acceptors (Lipinski definition) is 4. The Labute approximate surface area is 107 Å². The molecule has 0 bridgehead atoms. The largest absolute Gasteiger partial charge is 0.326 e. The molecule has 1 unspecified atom stereocenters. The molecule has 0 radical (unpaired) electrons. The number of likely N-dealkylation sites (N-methyl/N-ethyl adjacent to an activating group) is 1. The molecule has 3 heterocycles. The fourth-order valence-corrected chi connectivity index (χ4v) is 2.69. The van der Waals surface area contributed by atoms with E-state index in [1.54, 1.807) is 0 Å². The molecule has 96 valence electrons. The molecule has 2 aromatic rings. The lowest BCUT2D eigenvalue weighted by Gasteiger charge is -2.18. The Balaban J connectivity index is 1.91. The fraction of sp³-hybridized carbons (Fsp3) is 0.538. The molecule has 1 fully saturated rings. The van der Waals surface area contributed by atoms with Crippen molar-refractivity contribution < 1.29 is 0 Å². The van der Waals surface area contributed by atoms with Crippen LogP contribution in [0.1, 0.15) is 24.2 Å². The van der Waals surface area contributed by atoms with E-state index in [0.29, 0.717) is 12.6 Å². The SMILES string of the molecule is CN1CCCC1Cc1nnc2ccc(CN)cn12. The zero-order chi connectivity index (χ0) is 12.5. The summed E-state index contributed by atoms with van der Waals surface area (Å²) in [6, 6.07) is 4.59. The maximum atomic E-state index is 5.68. The van der Waals surface area contributed by atoms with Gasteiger partial charge in [0, 0.05) is 25.2 Å². The van der Waals surface area contributed by atoms with Gasteiger partial charge >= 0.3 is 0 Å². The van der Waals surface area contributed by atoms with Gasteiger partial charge in [0.1, 0.15) is 5.82 Å². The topological polar surface area (TPSA) is 59.5 Å². The highest BCUT2D eigenvalue weighted by Crippen LogP contribution is 2.19. The minimum absolute atomic E-state index is 0.552. The summed E-state index contributed by atoms with van der Waals surface area (Å²) >= 11 is 0. The third kappa shape index (κ3) is 2.00. The van der Waals surface area contributed by atoms with Gasteiger partial charge in [-0.2, -0.15) is 0 Å². The van der Waals surface area contributed by atoms with E-state index in [2.05, 4.69) is 32.7 Å². The molecule has 1 aliphatic heterocycles. The van der Waals surface area contributed by atoms with Gasteiger partial charge < -0.3 is 10.6 Å². The molecule has 2 aromatic heterocycles. The Morgan fingerprint density at radius 2 is 2.28 bits per heavy atom. The van der Waals surface area contributed by atoms with Crippen LogP contribution in [-0.4, -0.2) is 39.1 Å². The summed E-state index contributed by atoms with van der Waals surface area (Å²) in [5.74, 6) is 1.04. The number of hydrogen-bond donors (Lipinski definition) is 1. The van der Waals surface area contributed by atoms with E-state index in [1.165, 1.54) is 19.4 Å². The Morgan fingerprint density at radius 1 is 1.39 bits per heavy atom. The summed E-state index contributed by atoms with van der Waals surface area (Å²) in [7, 11) is 2.19. The highest BCUT2D eigenvalue weighted by Gasteiger charge is 2.23. The second kappa shape index (κ2) is 4.66. The van der Waals surface area contributed by atoms with Gasteiger partial charge in [-0.3, -0.25) is 4.40 Å². The van der Waals surface area contributed by atoms with Crippen molar-refractivity contribution in [2.24, 2.45) is 5.73 Å². The molecule has 0 amide bonds. The molecule has 2 N–H and O–H groups in total. The quantitative estimate of drug-likeness (QED) is 0.870. The number of pyridine rings is 1. The van der Waals surface area contributed by atoms with E-state index in [1.807, 2.05) is 12.1 Å². The van der Waals surface area contributed by atoms with Crippen molar-refractivity contribution in [1.29, 1.82) is 0 Å². The summed E-state index contributed by atoms with van der Waals surface area (Å²) < 4.78 is 2.08. The van der Waals surface area contributed by atoms with Gasteiger partial charge in [-0.1, -0.05) is 6.07 Å². The first-order valence-corrected chi connectivity index (χ1v) is 6.51. The second-order valence-electron chi connectivity index (χ2n) is 5.07. The van der Waals surface area contributed by atoms with Gasteiger partial charge in [0.15, 0.2) is 5.65 Å². The van der Waals surface area contributed by atoms with Crippen molar-refractivity contribution in [1.82, 2.24) is 19.5 Å². The van der Waals surface area contributed by atoms with E-state index in [0.717, 1.165) is 23.5 Å². The molecule has 5 nitrogen and oxygen atoms in total. The van der Waals surface area contributed by atoms with Crippen LogP contribution in [0.4, 0.5) is 0 Å². The number of fused-ring (bicyclic) bond motifs is 1. The first kappa shape index (κ1) is 11.6. The molecule has 5 heteroatoms. The maximum Gasteiger partial charge on any atom is 0.160 e. The molecule has 1 saturated heterocycles. The summed E-state index contributed by atoms with van der Waals surface area (Å²) in [4.78, 5) is 2.41. The highest BCUT2D eigenvalue weighted by molar-refractivity contribution is 5.39. The summed E-state index contributed by atoms with van der Waals surface area (Å²) in [5.41, 5.74) is 7.70. The van der Waals surface area contributed by atoms with Crippen molar-refractivity contribution in [3.05, 3.63) is 29.7 Å². The van der Waals surface area contributed by atoms with Crippen molar-refractivity contribution in [3.63, 3.8) is 0 Å². The van der Waals surface area contributed by atoms with Crippen LogP contribution in [0, 0.1) is 0 Å². The fourth-order valence-electron chi connectivity index (χ4n) is 2.69. The average molecular weight is 245 g/mol. The van der Waals surface area contributed by atoms with Crippen LogP contribution in [0.2, 0.25) is 0 Å². The minimum atomic E-state index is 0.552. The monoisotopic (exact) mass is 245 g/mol. The molecule has 1 aliphatic rings. The van der Waals surface area contributed by atoms with Crippen molar-refractivity contribution >= 4 is 5.65 Å². The first-order chi connectivity index (χ1) is 8.78. The van der Waals surface area contributed by atoms with Gasteiger partial charge in [0.2, 0.25) is 0 Å². The van der Waals surface area contributed by atoms with Crippen LogP contribution in [0.25, 0.3) is 5.65 Å². The molecule has 0 aliphatic carbocycles. The third-order valence-corrected chi connectivity index (χ3v) is 3.86. The van der Waals surface area contributed by atoms with Crippen molar-refractivity contribution in [2.75, 3.05) is 13.6 Å². The van der Waals surface area contributed by atoms with E-state index < -0.39 is 0 Å². The van der Waals surface area contributed by atoms with E-state index in [9.17, 15) is 0 Å². The number of rotatable bonds is 3. The third-order valence-electron chi connectivity index (χ3n) is 3.86. The standard InChI is InChI=1S/C13H19N5/c1-17-6-2-3-11(17)7-13-16-15-12-5-4-10(8-14)9-18(12)13/h4-5,9,11H,2-3,6-8,14H2,1H3. The molecule has 1 atom stereocenters. The van der Waals surface area contributed by atoms with Gasteiger partial charge in [-0.25, -0.2) is 0 Å². The summed E-state index contributed by atoms with van der Waals surface area (Å²) in [6.45, 7) is 1.74. The van der Waals surface area contributed by atoms with Crippen LogP contribution < -0.4 is 5.73 Å². The number of nitrogens with two attached hydrogens (primary N) is 1. The van der Waals surface area contributed by atoms with Crippen LogP contribution in [0.5, 0.6) is 0 Å². The molecular weight excluding hydrogens is 226 g/mol. The van der Waals surface area contributed by atoms with Gasteiger partial charge in [0.25, 0.3) is 0 Å². The lowest BCUT2D eigenvalue weighted by atomic mass is 10.1. The number of likely N-dealkylation sites (tertiary alicyclic amines) is 1. The zero-order valence-electron chi connectivity index (χ0n) is 10.7. The van der Waals surface area contributed by atoms with Crippen LogP contribution in [-0.2, 0) is 13.0 Å². The lowest BCUT2D eigenvalue weighted by molar-refractivity contribution is 0.305. The Hall–Kier alpha value is -1.46.